The zero-order chi connectivity index (χ0) is 24.6. The number of aliphatic hydroxyl groups excluding tert-OH is 2. The van der Waals surface area contributed by atoms with Crippen LogP contribution in [0.5, 0.6) is 11.5 Å². The van der Waals surface area contributed by atoms with Crippen molar-refractivity contribution in [3.63, 3.8) is 0 Å². The second-order valence-electron chi connectivity index (χ2n) is 7.71. The van der Waals surface area contributed by atoms with Gasteiger partial charge in [-0.25, -0.2) is 9.97 Å². The van der Waals surface area contributed by atoms with Crippen LogP contribution in [-0.2, 0) is 11.4 Å². The number of hydrogen-bond acceptors (Lipinski definition) is 8. The van der Waals surface area contributed by atoms with Crippen molar-refractivity contribution in [3.8, 4) is 11.5 Å². The topological polar surface area (TPSA) is 129 Å². The number of carbonyl (C=O) groups is 1. The van der Waals surface area contributed by atoms with E-state index in [9.17, 15) is 9.90 Å². The third kappa shape index (κ3) is 6.17. The van der Waals surface area contributed by atoms with Crippen LogP contribution in [0.1, 0.15) is 16.8 Å². The van der Waals surface area contributed by atoms with Gasteiger partial charge in [-0.2, -0.15) is 0 Å². The van der Waals surface area contributed by atoms with Crippen molar-refractivity contribution in [3.05, 3.63) is 84.0 Å². The number of aromatic nitrogens is 3. The number of pyridine rings is 1. The molecule has 0 fully saturated rings. The normalized spacial score (nSPS) is 11.1. The third-order valence-electron chi connectivity index (χ3n) is 5.14. The first kappa shape index (κ1) is 23.8. The van der Waals surface area contributed by atoms with Crippen LogP contribution in [0, 0.1) is 6.92 Å². The van der Waals surface area contributed by atoms with Gasteiger partial charge in [0.25, 0.3) is 0 Å². The maximum Gasteiger partial charge on any atom is 0.245 e. The molecule has 2 aromatic carbocycles. The first-order valence-corrected chi connectivity index (χ1v) is 11.0. The zero-order valence-electron chi connectivity index (χ0n) is 19.1. The fourth-order valence-corrected chi connectivity index (χ4v) is 3.36. The van der Waals surface area contributed by atoms with Crippen LogP contribution in [0.3, 0.4) is 0 Å². The average Bonchev–Trinajstić information content (AvgIpc) is 2.88. The summed E-state index contributed by atoms with van der Waals surface area (Å²) < 4.78 is 5.89. The van der Waals surface area contributed by atoms with Gasteiger partial charge in [0, 0.05) is 28.9 Å². The predicted octanol–water partition coefficient (Wildman–Crippen LogP) is 3.48. The molecule has 0 unspecified atom stereocenters. The maximum atomic E-state index is 11.1. The molecule has 0 bridgehead atoms. The van der Waals surface area contributed by atoms with E-state index in [0.717, 1.165) is 27.8 Å². The number of amides is 1. The Bertz CT molecular complexity index is 1360. The lowest BCUT2D eigenvalue weighted by Crippen LogP contribution is -2.25. The van der Waals surface area contributed by atoms with Gasteiger partial charge >= 0.3 is 0 Å². The van der Waals surface area contributed by atoms with E-state index in [1.807, 2.05) is 49.4 Å². The second kappa shape index (κ2) is 11.2. The van der Waals surface area contributed by atoms with Gasteiger partial charge in [0.2, 0.25) is 5.91 Å². The molecule has 2 aromatic heterocycles. The summed E-state index contributed by atoms with van der Waals surface area (Å²) in [5.41, 5.74) is 3.91. The Hall–Kier alpha value is -4.34. The van der Waals surface area contributed by atoms with Crippen LogP contribution < -0.4 is 15.4 Å². The highest BCUT2D eigenvalue weighted by molar-refractivity contribution is 5.92. The summed E-state index contributed by atoms with van der Waals surface area (Å²) in [5, 5.41) is 25.3. The van der Waals surface area contributed by atoms with E-state index >= 15 is 0 Å². The van der Waals surface area contributed by atoms with Crippen LogP contribution in [0.4, 0.5) is 11.5 Å². The molecule has 0 radical (unpaired) electrons. The fourth-order valence-electron chi connectivity index (χ4n) is 3.36. The highest BCUT2D eigenvalue weighted by Crippen LogP contribution is 2.30. The lowest BCUT2D eigenvalue weighted by Gasteiger charge is -2.13. The molecule has 0 saturated heterocycles. The maximum absolute atomic E-state index is 11.1. The monoisotopic (exact) mass is 471 g/mol. The number of rotatable bonds is 9. The first-order chi connectivity index (χ1) is 17.1. The van der Waals surface area contributed by atoms with E-state index < -0.39 is 12.5 Å². The third-order valence-corrected chi connectivity index (χ3v) is 5.14. The van der Waals surface area contributed by atoms with E-state index in [2.05, 4.69) is 25.6 Å². The van der Waals surface area contributed by atoms with Crippen molar-refractivity contribution in [2.75, 3.05) is 18.5 Å². The van der Waals surface area contributed by atoms with Crippen LogP contribution in [0.2, 0.25) is 0 Å². The molecule has 1 amide bonds. The number of hydrogen-bond donors (Lipinski definition) is 4. The molecular formula is C26H25N5O4. The van der Waals surface area contributed by atoms with Crippen molar-refractivity contribution in [1.29, 1.82) is 0 Å². The minimum atomic E-state index is -0.537. The van der Waals surface area contributed by atoms with E-state index in [1.54, 1.807) is 24.4 Å². The van der Waals surface area contributed by atoms with E-state index in [1.165, 1.54) is 6.33 Å². The fraction of sp³-hybridized carbons (Fsp3) is 0.154. The van der Waals surface area contributed by atoms with Crippen molar-refractivity contribution in [2.24, 2.45) is 0 Å². The number of nitrogens with zero attached hydrogens (tertiary/aromatic N) is 3. The first-order valence-electron chi connectivity index (χ1n) is 11.0. The van der Waals surface area contributed by atoms with Gasteiger partial charge in [-0.1, -0.05) is 18.2 Å². The van der Waals surface area contributed by atoms with Crippen molar-refractivity contribution >= 4 is 34.4 Å². The molecule has 35 heavy (non-hydrogen) atoms. The largest absolute Gasteiger partial charge is 0.455 e. The summed E-state index contributed by atoms with van der Waals surface area (Å²) in [6.45, 7) is 1.48. The molecule has 0 aliphatic carbocycles. The van der Waals surface area contributed by atoms with Crippen molar-refractivity contribution in [2.45, 2.75) is 13.5 Å². The number of ether oxygens (including phenoxy) is 1. The van der Waals surface area contributed by atoms with Gasteiger partial charge in [0.1, 0.15) is 30.3 Å². The van der Waals surface area contributed by atoms with Gasteiger partial charge in [0.15, 0.2) is 0 Å². The van der Waals surface area contributed by atoms with E-state index in [0.29, 0.717) is 29.4 Å². The number of aryl methyl sites for hydroxylation is 1. The summed E-state index contributed by atoms with van der Waals surface area (Å²) in [6.07, 6.45) is 6.78. The molecule has 2 heterocycles. The van der Waals surface area contributed by atoms with Crippen molar-refractivity contribution in [1.82, 2.24) is 20.3 Å². The average molecular weight is 472 g/mol. The summed E-state index contributed by atoms with van der Waals surface area (Å²) in [7, 11) is 0. The molecular weight excluding hydrogens is 446 g/mol. The molecule has 0 aliphatic rings. The number of nitrogens with one attached hydrogen (secondary N) is 2. The number of aliphatic hydroxyl groups is 2. The molecule has 0 saturated carbocycles. The Labute approximate surface area is 202 Å². The summed E-state index contributed by atoms with van der Waals surface area (Å²) in [4.78, 5) is 24.1. The highest BCUT2D eigenvalue weighted by atomic mass is 16.5. The molecule has 4 aromatic rings. The number of fused-ring (bicyclic) bond motifs is 1. The Morgan fingerprint density at radius 3 is 2.71 bits per heavy atom. The zero-order valence-corrected chi connectivity index (χ0v) is 19.1. The van der Waals surface area contributed by atoms with Gasteiger partial charge in [-0.3, -0.25) is 9.78 Å². The Morgan fingerprint density at radius 1 is 1.06 bits per heavy atom. The number of benzene rings is 2. The number of carbonyl (C=O) groups excluding carboxylic acids is 1. The second-order valence-corrected chi connectivity index (χ2v) is 7.71. The molecule has 0 aliphatic heterocycles. The highest BCUT2D eigenvalue weighted by Gasteiger charge is 2.09. The molecule has 178 valence electrons. The molecule has 0 spiro atoms. The van der Waals surface area contributed by atoms with Gasteiger partial charge < -0.3 is 25.6 Å². The molecule has 9 nitrogen and oxygen atoms in total. The summed E-state index contributed by atoms with van der Waals surface area (Å²) in [6, 6.07) is 14.9. The minimum Gasteiger partial charge on any atom is -0.455 e. The summed E-state index contributed by atoms with van der Waals surface area (Å²) in [5.74, 6) is 1.31. The molecule has 4 rings (SSSR count). The molecule has 0 atom stereocenters. The summed E-state index contributed by atoms with van der Waals surface area (Å²) >= 11 is 0. The molecule has 4 N–H and O–H groups in total. The molecule has 9 heteroatoms. The lowest BCUT2D eigenvalue weighted by atomic mass is 10.1. The van der Waals surface area contributed by atoms with Crippen LogP contribution in [0.25, 0.3) is 17.0 Å². The minimum absolute atomic E-state index is 0.198. The lowest BCUT2D eigenvalue weighted by molar-refractivity contribution is -0.123. The number of anilines is 2. The Balaban J connectivity index is 1.54. The van der Waals surface area contributed by atoms with E-state index in [-0.39, 0.29) is 6.61 Å². The smallest absolute Gasteiger partial charge is 0.245 e. The SMILES string of the molecule is Cc1ccc(Oc2ccc(Nc3ncnc4ccc(/C=C/CNC(=O)CO)cc34)cc2CO)cn1. The Morgan fingerprint density at radius 2 is 1.94 bits per heavy atom. The standard InChI is InChI=1S/C26H25N5O4/c1-17-4-7-21(13-28-17)35-24-9-6-20(12-19(24)14-32)31-26-22-11-18(3-2-10-27-25(34)15-33)5-8-23(22)29-16-30-26/h2-9,11-13,16,32-33H,10,14-15H2,1H3,(H,27,34)(H,29,30,31)/b3-2+. The van der Waals surface area contributed by atoms with Gasteiger partial charge in [-0.15, -0.1) is 0 Å². The van der Waals surface area contributed by atoms with Gasteiger partial charge in [-0.05, 0) is 55.0 Å². The Kier molecular flexibility index (Phi) is 7.61. The van der Waals surface area contributed by atoms with E-state index in [4.69, 9.17) is 9.84 Å². The van der Waals surface area contributed by atoms with Crippen LogP contribution in [0.15, 0.2) is 67.1 Å². The van der Waals surface area contributed by atoms with Crippen LogP contribution >= 0.6 is 0 Å². The van der Waals surface area contributed by atoms with Crippen LogP contribution in [-0.4, -0.2) is 44.2 Å². The predicted molar refractivity (Wildman–Crippen MR) is 133 cm³/mol. The van der Waals surface area contributed by atoms with Crippen molar-refractivity contribution < 1.29 is 19.7 Å². The van der Waals surface area contributed by atoms with Gasteiger partial charge in [0.05, 0.1) is 18.3 Å². The quantitative estimate of drug-likeness (QED) is 0.292.